The second kappa shape index (κ2) is 10.1. The lowest BCUT2D eigenvalue weighted by atomic mass is 9.61. The van der Waals surface area contributed by atoms with Crippen LogP contribution in [0.1, 0.15) is 86.0 Å². The number of hydrogen-bond donors (Lipinski definition) is 2. The molecule has 3 aliphatic rings. The van der Waals surface area contributed by atoms with Crippen molar-refractivity contribution < 1.29 is 15.0 Å². The summed E-state index contributed by atoms with van der Waals surface area (Å²) in [5, 5.41) is 20.2. The maximum absolute atomic E-state index is 12.6. The Bertz CT molecular complexity index is 804. The molecule has 0 aromatic carbocycles. The van der Waals surface area contributed by atoms with Crippen LogP contribution in [-0.2, 0) is 4.79 Å². The van der Waals surface area contributed by atoms with E-state index in [4.69, 9.17) is 0 Å². The topological polar surface area (TPSA) is 60.8 Å². The number of amides is 1. The number of nitrogens with zero attached hydrogens (tertiary/aromatic N) is 1. The van der Waals surface area contributed by atoms with E-state index in [2.05, 4.69) is 32.6 Å². The van der Waals surface area contributed by atoms with Gasteiger partial charge in [0.05, 0.1) is 12.2 Å². The molecular formula is C29H47NO3. The van der Waals surface area contributed by atoms with Crippen molar-refractivity contribution in [1.29, 1.82) is 0 Å². The van der Waals surface area contributed by atoms with Gasteiger partial charge in [0.2, 0.25) is 5.91 Å². The monoisotopic (exact) mass is 457 g/mol. The zero-order valence-corrected chi connectivity index (χ0v) is 21.9. The molecule has 6 atom stereocenters. The number of aliphatic hydroxyl groups excluding tert-OH is 2. The number of hydrogen-bond acceptors (Lipinski definition) is 3. The molecule has 0 aromatic rings. The zero-order valence-electron chi connectivity index (χ0n) is 21.9. The maximum Gasteiger partial charge on any atom is 0.227 e. The largest absolute Gasteiger partial charge is 0.393 e. The minimum atomic E-state index is -0.630. The van der Waals surface area contributed by atoms with Crippen LogP contribution in [0.25, 0.3) is 0 Å². The van der Waals surface area contributed by atoms with Crippen LogP contribution in [0, 0.1) is 28.6 Å². The summed E-state index contributed by atoms with van der Waals surface area (Å²) in [7, 11) is 1.95. The summed E-state index contributed by atoms with van der Waals surface area (Å²) < 4.78 is 0. The predicted molar refractivity (Wildman–Crippen MR) is 136 cm³/mol. The van der Waals surface area contributed by atoms with E-state index >= 15 is 0 Å². The van der Waals surface area contributed by atoms with Gasteiger partial charge in [-0.15, -0.1) is 0 Å². The van der Waals surface area contributed by atoms with Gasteiger partial charge in [-0.25, -0.2) is 0 Å². The van der Waals surface area contributed by atoms with Crippen molar-refractivity contribution in [3.8, 4) is 0 Å². The van der Waals surface area contributed by atoms with Crippen LogP contribution in [0.5, 0.6) is 0 Å². The van der Waals surface area contributed by atoms with E-state index < -0.39 is 12.2 Å². The van der Waals surface area contributed by atoms with Gasteiger partial charge in [0.25, 0.3) is 0 Å². The lowest BCUT2D eigenvalue weighted by Gasteiger charge is -2.44. The minimum Gasteiger partial charge on any atom is -0.393 e. The van der Waals surface area contributed by atoms with Crippen molar-refractivity contribution in [2.75, 3.05) is 13.6 Å². The van der Waals surface area contributed by atoms with Crippen LogP contribution in [-0.4, -0.2) is 46.8 Å². The van der Waals surface area contributed by atoms with Gasteiger partial charge in [-0.05, 0) is 79.3 Å². The van der Waals surface area contributed by atoms with Gasteiger partial charge in [-0.3, -0.25) is 4.79 Å². The van der Waals surface area contributed by atoms with Gasteiger partial charge in [0.15, 0.2) is 0 Å². The van der Waals surface area contributed by atoms with E-state index in [1.165, 1.54) is 31.3 Å². The Morgan fingerprint density at radius 2 is 1.97 bits per heavy atom. The van der Waals surface area contributed by atoms with Crippen molar-refractivity contribution in [3.05, 3.63) is 35.5 Å². The molecule has 33 heavy (non-hydrogen) atoms. The smallest absolute Gasteiger partial charge is 0.227 e. The van der Waals surface area contributed by atoms with Gasteiger partial charge in [0.1, 0.15) is 0 Å². The molecule has 0 aliphatic heterocycles. The molecule has 4 nitrogen and oxygen atoms in total. The fourth-order valence-corrected chi connectivity index (χ4v) is 6.95. The third-order valence-corrected chi connectivity index (χ3v) is 8.90. The quantitative estimate of drug-likeness (QED) is 0.560. The van der Waals surface area contributed by atoms with Crippen LogP contribution in [0.2, 0.25) is 0 Å². The Hall–Kier alpha value is -1.39. The summed E-state index contributed by atoms with van der Waals surface area (Å²) in [5.74, 6) is 2.11. The summed E-state index contributed by atoms with van der Waals surface area (Å²) in [4.78, 5) is 14.5. The number of fused-ring (bicyclic) bond motifs is 1. The van der Waals surface area contributed by atoms with Gasteiger partial charge >= 0.3 is 0 Å². The molecule has 2 N–H and O–H groups in total. The lowest BCUT2D eigenvalue weighted by Crippen LogP contribution is -2.39. The number of aliphatic hydroxyl groups is 2. The van der Waals surface area contributed by atoms with Crippen molar-refractivity contribution in [2.45, 2.75) is 98.2 Å². The van der Waals surface area contributed by atoms with E-state index in [1.54, 1.807) is 0 Å². The standard InChI is InChI=1S/C29H47NO3/c1-19(14-16-30(7)27(33)28(3,4)5)24-12-13-25-21(9-8-15-29(24,25)6)10-11-22-17-23(31)18-26(32)20(22)2/h10-11,19,23-26,31-32H,2,8-9,12-18H2,1,3-7H3/b21-10+,22-11-/t19-,23-,24?,25?,26+,29-/m1/s1. The van der Waals surface area contributed by atoms with Crippen LogP contribution in [0.4, 0.5) is 0 Å². The second-order valence-electron chi connectivity index (χ2n) is 12.4. The van der Waals surface area contributed by atoms with Crippen molar-refractivity contribution in [2.24, 2.45) is 28.6 Å². The summed E-state index contributed by atoms with van der Waals surface area (Å²) in [6, 6.07) is 0. The first-order chi connectivity index (χ1) is 15.3. The third kappa shape index (κ3) is 5.65. The van der Waals surface area contributed by atoms with Crippen molar-refractivity contribution >= 4 is 5.91 Å². The molecule has 0 bridgehead atoms. The average Bonchev–Trinajstić information content (AvgIpc) is 3.09. The average molecular weight is 458 g/mol. The van der Waals surface area contributed by atoms with E-state index in [9.17, 15) is 15.0 Å². The Balaban J connectivity index is 1.69. The van der Waals surface area contributed by atoms with Crippen molar-refractivity contribution in [3.63, 3.8) is 0 Å². The molecular weight excluding hydrogens is 410 g/mol. The van der Waals surface area contributed by atoms with Crippen LogP contribution in [0.3, 0.4) is 0 Å². The highest BCUT2D eigenvalue weighted by Gasteiger charge is 2.50. The molecule has 2 unspecified atom stereocenters. The minimum absolute atomic E-state index is 0.223. The van der Waals surface area contributed by atoms with E-state index in [0.29, 0.717) is 36.0 Å². The molecule has 0 aromatic heterocycles. The first-order valence-corrected chi connectivity index (χ1v) is 13.0. The number of carbonyl (C=O) groups excluding carboxylic acids is 1. The molecule has 186 valence electrons. The highest BCUT2D eigenvalue weighted by atomic mass is 16.3. The number of allylic oxidation sites excluding steroid dienone is 3. The van der Waals surface area contributed by atoms with Crippen LogP contribution in [0.15, 0.2) is 35.5 Å². The fraction of sp³-hybridized carbons (Fsp3) is 0.759. The first kappa shape index (κ1) is 26.2. The Kier molecular flexibility index (Phi) is 8.01. The summed E-state index contributed by atoms with van der Waals surface area (Å²) in [6.07, 6.45) is 11.5. The van der Waals surface area contributed by atoms with E-state index in [-0.39, 0.29) is 11.3 Å². The summed E-state index contributed by atoms with van der Waals surface area (Å²) in [6.45, 7) is 15.8. The van der Waals surface area contributed by atoms with Crippen LogP contribution < -0.4 is 0 Å². The highest BCUT2D eigenvalue weighted by molar-refractivity contribution is 5.81. The lowest BCUT2D eigenvalue weighted by molar-refractivity contribution is -0.138. The fourth-order valence-electron chi connectivity index (χ4n) is 6.95. The predicted octanol–water partition coefficient (Wildman–Crippen LogP) is 5.66. The Morgan fingerprint density at radius 1 is 1.27 bits per heavy atom. The van der Waals surface area contributed by atoms with E-state index in [0.717, 1.165) is 30.5 Å². The molecule has 0 spiro atoms. The molecule has 0 heterocycles. The molecule has 3 fully saturated rings. The maximum atomic E-state index is 12.6. The molecule has 0 radical (unpaired) electrons. The summed E-state index contributed by atoms with van der Waals surface area (Å²) in [5.41, 5.74) is 3.29. The molecule has 3 rings (SSSR count). The van der Waals surface area contributed by atoms with Crippen LogP contribution >= 0.6 is 0 Å². The van der Waals surface area contributed by atoms with Gasteiger partial charge in [-0.2, -0.15) is 0 Å². The second-order valence-corrected chi connectivity index (χ2v) is 12.4. The third-order valence-electron chi connectivity index (χ3n) is 8.90. The van der Waals surface area contributed by atoms with E-state index in [1.807, 2.05) is 32.7 Å². The molecule has 0 saturated heterocycles. The Morgan fingerprint density at radius 3 is 2.64 bits per heavy atom. The SMILES string of the molecule is C=C1/C(=C\C=C2/CCC[C@@]3(C)C2CCC3[C@H](C)CCN(C)C(=O)C(C)(C)C)C[C@@H](O)C[C@@H]1O. The normalized spacial score (nSPS) is 36.2. The Labute approximate surface area is 201 Å². The number of rotatable bonds is 5. The molecule has 3 saturated carbocycles. The van der Waals surface area contributed by atoms with Gasteiger partial charge in [-0.1, -0.05) is 58.9 Å². The highest BCUT2D eigenvalue weighted by Crippen LogP contribution is 2.59. The molecule has 4 heteroatoms. The summed E-state index contributed by atoms with van der Waals surface area (Å²) >= 11 is 0. The van der Waals surface area contributed by atoms with Gasteiger partial charge < -0.3 is 15.1 Å². The number of carbonyl (C=O) groups is 1. The van der Waals surface area contributed by atoms with Crippen molar-refractivity contribution in [1.82, 2.24) is 4.90 Å². The molecule has 1 amide bonds. The molecule has 3 aliphatic carbocycles. The van der Waals surface area contributed by atoms with Gasteiger partial charge in [0, 0.05) is 25.4 Å². The first-order valence-electron chi connectivity index (χ1n) is 13.0. The zero-order chi connectivity index (χ0) is 24.6.